The Bertz CT molecular complexity index is 448. The van der Waals surface area contributed by atoms with Crippen LogP contribution in [0.25, 0.3) is 0 Å². The predicted molar refractivity (Wildman–Crippen MR) is 84.6 cm³/mol. The second-order valence-corrected chi connectivity index (χ2v) is 5.84. The lowest BCUT2D eigenvalue weighted by Crippen LogP contribution is -2.55. The van der Waals surface area contributed by atoms with Gasteiger partial charge in [-0.2, -0.15) is 0 Å². The number of carbonyl (C=O) groups is 1. The highest BCUT2D eigenvalue weighted by atomic mass is 16.5. The van der Waals surface area contributed by atoms with Gasteiger partial charge in [0.25, 0.3) is 0 Å². The number of ether oxygens (including phenoxy) is 1. The smallest absolute Gasteiger partial charge is 0.223 e. The molecule has 2 rings (SSSR count). The molecule has 4 nitrogen and oxygen atoms in total. The molecule has 1 aliphatic heterocycles. The van der Waals surface area contributed by atoms with Crippen molar-refractivity contribution in [2.45, 2.75) is 45.7 Å². The van der Waals surface area contributed by atoms with Crippen LogP contribution in [0.5, 0.6) is 5.75 Å². The number of nitrogens with zero attached hydrogens (tertiary/aromatic N) is 1. The second kappa shape index (κ2) is 7.46. The molecule has 0 aromatic heterocycles. The molecule has 1 heterocycles. The van der Waals surface area contributed by atoms with Gasteiger partial charge in [0.05, 0.1) is 6.61 Å². The molecule has 0 aliphatic carbocycles. The van der Waals surface area contributed by atoms with E-state index in [4.69, 9.17) is 4.74 Å². The summed E-state index contributed by atoms with van der Waals surface area (Å²) in [6.07, 6.45) is 1.37. The number of hydrogen-bond acceptors (Lipinski definition) is 3. The molecule has 0 radical (unpaired) electrons. The zero-order valence-electron chi connectivity index (χ0n) is 13.3. The van der Waals surface area contributed by atoms with E-state index < -0.39 is 0 Å². The van der Waals surface area contributed by atoms with Crippen LogP contribution in [0, 0.1) is 0 Å². The molecule has 1 aliphatic rings. The van der Waals surface area contributed by atoms with Gasteiger partial charge in [-0.3, -0.25) is 4.79 Å². The Labute approximate surface area is 127 Å². The molecule has 1 fully saturated rings. The third-order valence-corrected chi connectivity index (χ3v) is 3.77. The maximum absolute atomic E-state index is 12.3. The van der Waals surface area contributed by atoms with Gasteiger partial charge in [0.2, 0.25) is 5.91 Å². The van der Waals surface area contributed by atoms with Crippen LogP contribution in [0.3, 0.4) is 0 Å². The van der Waals surface area contributed by atoms with Crippen molar-refractivity contribution in [3.05, 3.63) is 29.8 Å². The van der Waals surface area contributed by atoms with E-state index in [1.807, 2.05) is 36.1 Å². The van der Waals surface area contributed by atoms with Gasteiger partial charge in [0, 0.05) is 31.6 Å². The van der Waals surface area contributed by atoms with Crippen LogP contribution < -0.4 is 10.1 Å². The number of amides is 1. The van der Waals surface area contributed by atoms with Crippen LogP contribution in [0.4, 0.5) is 0 Å². The minimum atomic E-state index is 0.254. The van der Waals surface area contributed by atoms with Crippen molar-refractivity contribution in [3.8, 4) is 5.75 Å². The van der Waals surface area contributed by atoms with Gasteiger partial charge in [0.1, 0.15) is 5.75 Å². The molecule has 0 bridgehead atoms. The number of rotatable bonds is 5. The standard InChI is InChI=1S/C17H26N2O2/c1-4-21-16-8-5-15(6-9-16)7-10-17(20)19-11-13(2)18-14(3)12-19/h5-6,8-9,13-14,18H,4,7,10-12H2,1-3H3. The third kappa shape index (κ3) is 4.74. The summed E-state index contributed by atoms with van der Waals surface area (Å²) in [7, 11) is 0. The lowest BCUT2D eigenvalue weighted by atomic mass is 10.1. The van der Waals surface area contributed by atoms with Crippen molar-refractivity contribution < 1.29 is 9.53 Å². The fourth-order valence-electron chi connectivity index (χ4n) is 2.86. The summed E-state index contributed by atoms with van der Waals surface area (Å²) < 4.78 is 5.42. The van der Waals surface area contributed by atoms with Crippen molar-refractivity contribution in [1.82, 2.24) is 10.2 Å². The molecule has 116 valence electrons. The van der Waals surface area contributed by atoms with Gasteiger partial charge < -0.3 is 15.0 Å². The van der Waals surface area contributed by atoms with Crippen LogP contribution in [0.2, 0.25) is 0 Å². The van der Waals surface area contributed by atoms with Crippen molar-refractivity contribution in [3.63, 3.8) is 0 Å². The van der Waals surface area contributed by atoms with E-state index in [0.29, 0.717) is 25.1 Å². The molecule has 0 saturated carbocycles. The SMILES string of the molecule is CCOc1ccc(CCC(=O)N2CC(C)NC(C)C2)cc1. The number of nitrogens with one attached hydrogen (secondary N) is 1. The molecule has 21 heavy (non-hydrogen) atoms. The summed E-state index contributed by atoms with van der Waals surface area (Å²) in [4.78, 5) is 14.3. The van der Waals surface area contributed by atoms with Crippen molar-refractivity contribution in [1.29, 1.82) is 0 Å². The number of aryl methyl sites for hydroxylation is 1. The molecule has 1 saturated heterocycles. The summed E-state index contributed by atoms with van der Waals surface area (Å²) >= 11 is 0. The Balaban J connectivity index is 1.83. The molecular weight excluding hydrogens is 264 g/mol. The summed E-state index contributed by atoms with van der Waals surface area (Å²) in [6.45, 7) is 8.53. The average molecular weight is 290 g/mol. The second-order valence-electron chi connectivity index (χ2n) is 5.84. The summed E-state index contributed by atoms with van der Waals surface area (Å²) in [5, 5.41) is 3.45. The van der Waals surface area contributed by atoms with E-state index >= 15 is 0 Å². The molecule has 1 aromatic rings. The summed E-state index contributed by atoms with van der Waals surface area (Å²) in [5.74, 6) is 1.14. The first kappa shape index (κ1) is 15.8. The molecule has 4 heteroatoms. The zero-order chi connectivity index (χ0) is 15.2. The van der Waals surface area contributed by atoms with E-state index in [0.717, 1.165) is 25.3 Å². The van der Waals surface area contributed by atoms with Gasteiger partial charge >= 0.3 is 0 Å². The molecule has 1 amide bonds. The largest absolute Gasteiger partial charge is 0.494 e. The summed E-state index contributed by atoms with van der Waals surface area (Å²) in [6, 6.07) is 8.78. The Kier molecular flexibility index (Phi) is 5.62. The Morgan fingerprint density at radius 1 is 1.24 bits per heavy atom. The quantitative estimate of drug-likeness (QED) is 0.904. The highest BCUT2D eigenvalue weighted by Gasteiger charge is 2.24. The first-order chi connectivity index (χ1) is 10.1. The lowest BCUT2D eigenvalue weighted by molar-refractivity contribution is -0.132. The first-order valence-electron chi connectivity index (χ1n) is 7.84. The van der Waals surface area contributed by atoms with E-state index in [-0.39, 0.29) is 5.91 Å². The van der Waals surface area contributed by atoms with Gasteiger partial charge in [-0.15, -0.1) is 0 Å². The van der Waals surface area contributed by atoms with E-state index in [9.17, 15) is 4.79 Å². The van der Waals surface area contributed by atoms with Gasteiger partial charge in [-0.05, 0) is 44.9 Å². The molecule has 0 spiro atoms. The zero-order valence-corrected chi connectivity index (χ0v) is 13.3. The highest BCUT2D eigenvalue weighted by Crippen LogP contribution is 2.14. The van der Waals surface area contributed by atoms with Crippen LogP contribution in [0.15, 0.2) is 24.3 Å². The highest BCUT2D eigenvalue weighted by molar-refractivity contribution is 5.76. The van der Waals surface area contributed by atoms with Crippen LogP contribution >= 0.6 is 0 Å². The topological polar surface area (TPSA) is 41.6 Å². The predicted octanol–water partition coefficient (Wildman–Crippen LogP) is 2.23. The maximum Gasteiger partial charge on any atom is 0.223 e. The van der Waals surface area contributed by atoms with Gasteiger partial charge in [-0.1, -0.05) is 12.1 Å². The van der Waals surface area contributed by atoms with E-state index in [1.54, 1.807) is 0 Å². The van der Waals surface area contributed by atoms with Crippen LogP contribution in [-0.4, -0.2) is 42.6 Å². The number of benzene rings is 1. The Hall–Kier alpha value is -1.55. The summed E-state index contributed by atoms with van der Waals surface area (Å²) in [5.41, 5.74) is 1.18. The van der Waals surface area contributed by atoms with E-state index in [2.05, 4.69) is 19.2 Å². The Morgan fingerprint density at radius 3 is 2.43 bits per heavy atom. The number of hydrogen-bond donors (Lipinski definition) is 1. The van der Waals surface area contributed by atoms with Gasteiger partial charge in [-0.25, -0.2) is 0 Å². The fourth-order valence-corrected chi connectivity index (χ4v) is 2.86. The molecule has 2 atom stereocenters. The normalized spacial score (nSPS) is 22.1. The average Bonchev–Trinajstić information content (AvgIpc) is 2.45. The number of carbonyl (C=O) groups excluding carboxylic acids is 1. The van der Waals surface area contributed by atoms with E-state index in [1.165, 1.54) is 5.56 Å². The lowest BCUT2D eigenvalue weighted by Gasteiger charge is -2.36. The maximum atomic E-state index is 12.3. The molecule has 2 unspecified atom stereocenters. The Morgan fingerprint density at radius 2 is 1.86 bits per heavy atom. The first-order valence-corrected chi connectivity index (χ1v) is 7.84. The molecular formula is C17H26N2O2. The van der Waals surface area contributed by atoms with Crippen LogP contribution in [0.1, 0.15) is 32.8 Å². The minimum Gasteiger partial charge on any atom is -0.494 e. The van der Waals surface area contributed by atoms with Gasteiger partial charge in [0.15, 0.2) is 0 Å². The molecule has 1 aromatic carbocycles. The minimum absolute atomic E-state index is 0.254. The molecule has 1 N–H and O–H groups in total. The van der Waals surface area contributed by atoms with Crippen molar-refractivity contribution in [2.75, 3.05) is 19.7 Å². The van der Waals surface area contributed by atoms with Crippen LogP contribution in [-0.2, 0) is 11.2 Å². The van der Waals surface area contributed by atoms with Crippen molar-refractivity contribution in [2.24, 2.45) is 0 Å². The fraction of sp³-hybridized carbons (Fsp3) is 0.588. The monoisotopic (exact) mass is 290 g/mol. The third-order valence-electron chi connectivity index (χ3n) is 3.77. The number of piperazine rings is 1. The van der Waals surface area contributed by atoms with Crippen molar-refractivity contribution >= 4 is 5.91 Å².